The molecule has 4 heterocycles. The number of anilines is 2. The van der Waals surface area contributed by atoms with Gasteiger partial charge in [0.25, 0.3) is 5.91 Å². The van der Waals surface area contributed by atoms with Crippen molar-refractivity contribution in [2.45, 2.75) is 46.3 Å². The van der Waals surface area contributed by atoms with Crippen LogP contribution in [0.1, 0.15) is 50.0 Å². The lowest BCUT2D eigenvalue weighted by Gasteiger charge is -2.30. The molecule has 1 aromatic carbocycles. The molecule has 45 heavy (non-hydrogen) atoms. The van der Waals surface area contributed by atoms with Crippen molar-refractivity contribution in [3.63, 3.8) is 0 Å². The molecule has 2 aromatic heterocycles. The third kappa shape index (κ3) is 7.03. The van der Waals surface area contributed by atoms with Crippen molar-refractivity contribution in [3.05, 3.63) is 55.3 Å². The molecule has 5 rings (SSSR count). The number of aromatic nitrogens is 1. The topological polar surface area (TPSA) is 112 Å². The molecule has 3 aromatic rings. The molecular formula is C31H33Cl3N4O5S2. The number of hydrogen-bond acceptors (Lipinski definition) is 8. The van der Waals surface area contributed by atoms with E-state index in [0.29, 0.717) is 47.7 Å². The number of carboxylic acid groups (broad SMARTS) is 1. The van der Waals surface area contributed by atoms with Crippen LogP contribution < -0.4 is 10.2 Å². The Morgan fingerprint density at radius 1 is 1.22 bits per heavy atom. The van der Waals surface area contributed by atoms with E-state index in [1.54, 1.807) is 32.1 Å². The fourth-order valence-corrected chi connectivity index (χ4v) is 8.75. The molecule has 0 spiro atoms. The number of ether oxygens (including phenoxy) is 1. The van der Waals surface area contributed by atoms with Crippen LogP contribution in [-0.2, 0) is 9.53 Å². The third-order valence-corrected chi connectivity index (χ3v) is 11.1. The van der Waals surface area contributed by atoms with E-state index in [0.717, 1.165) is 28.2 Å². The van der Waals surface area contributed by atoms with Gasteiger partial charge in [0, 0.05) is 48.7 Å². The number of amides is 2. The summed E-state index contributed by atoms with van der Waals surface area (Å²) in [7, 11) is 0. The lowest BCUT2D eigenvalue weighted by atomic mass is 9.83. The molecule has 0 radical (unpaired) electrons. The van der Waals surface area contributed by atoms with Crippen molar-refractivity contribution in [1.29, 1.82) is 0 Å². The number of fused-ring (bicyclic) bond motifs is 1. The molecule has 0 bridgehead atoms. The highest BCUT2D eigenvalue weighted by molar-refractivity contribution is 7.21. The van der Waals surface area contributed by atoms with Gasteiger partial charge in [0.1, 0.15) is 17.0 Å². The summed E-state index contributed by atoms with van der Waals surface area (Å²) >= 11 is 22.3. The minimum atomic E-state index is -0.903. The Balaban J connectivity index is 1.40. The van der Waals surface area contributed by atoms with Crippen LogP contribution in [0, 0.1) is 11.3 Å². The number of likely N-dealkylation sites (tertiary alicyclic amines) is 1. The molecule has 3 atom stereocenters. The Bertz CT molecular complexity index is 1630. The highest BCUT2D eigenvalue weighted by Crippen LogP contribution is 2.45. The summed E-state index contributed by atoms with van der Waals surface area (Å²) in [4.78, 5) is 46.2. The smallest absolute Gasteiger partial charge is 0.407 e. The maximum absolute atomic E-state index is 13.4. The number of nitrogens with zero attached hydrogens (tertiary/aromatic N) is 3. The number of hydrogen-bond donors (Lipinski definition) is 2. The fraction of sp³-hybridized carbons (Fsp3) is 0.419. The Hall–Kier alpha value is -2.67. The number of thiazole rings is 1. The Morgan fingerprint density at radius 3 is 2.53 bits per heavy atom. The lowest BCUT2D eigenvalue weighted by Crippen LogP contribution is -2.38. The largest absolute Gasteiger partial charge is 0.465 e. The summed E-state index contributed by atoms with van der Waals surface area (Å²) in [5.41, 5.74) is 1.45. The summed E-state index contributed by atoms with van der Waals surface area (Å²) < 4.78 is 5.86. The molecule has 2 aliphatic rings. The Labute approximate surface area is 284 Å². The summed E-state index contributed by atoms with van der Waals surface area (Å²) in [5.74, 6) is -0.207. The molecule has 2 fully saturated rings. The molecule has 0 aliphatic carbocycles. The molecular weight excluding hydrogens is 679 g/mol. The lowest BCUT2D eigenvalue weighted by molar-refractivity contribution is -0.120. The molecule has 9 nitrogen and oxygen atoms in total. The number of carbonyl (C=O) groups is 3. The zero-order valence-corrected chi connectivity index (χ0v) is 29.0. The van der Waals surface area contributed by atoms with Crippen molar-refractivity contribution in [3.8, 4) is 10.6 Å². The van der Waals surface area contributed by atoms with E-state index in [-0.39, 0.29) is 27.6 Å². The van der Waals surface area contributed by atoms with Gasteiger partial charge in [-0.25, -0.2) is 9.78 Å². The van der Waals surface area contributed by atoms with E-state index in [2.05, 4.69) is 10.2 Å². The maximum Gasteiger partial charge on any atom is 0.407 e. The number of benzene rings is 1. The minimum Gasteiger partial charge on any atom is -0.465 e. The predicted molar refractivity (Wildman–Crippen MR) is 183 cm³/mol. The molecule has 240 valence electrons. The van der Waals surface area contributed by atoms with Crippen LogP contribution in [0.15, 0.2) is 29.2 Å². The molecule has 2 saturated heterocycles. The van der Waals surface area contributed by atoms with Crippen molar-refractivity contribution in [1.82, 2.24) is 9.88 Å². The van der Waals surface area contributed by atoms with Gasteiger partial charge < -0.3 is 24.4 Å². The summed E-state index contributed by atoms with van der Waals surface area (Å²) in [6, 6.07) is 4.82. The molecule has 2 amide bonds. The first-order chi connectivity index (χ1) is 21.3. The van der Waals surface area contributed by atoms with Gasteiger partial charge in [-0.3, -0.25) is 10.1 Å². The van der Waals surface area contributed by atoms with Crippen LogP contribution in [-0.4, -0.2) is 71.7 Å². The SMILES string of the molecule is CCOC(/C(C)=C/c1c(Cl)cc(C(=O)Nc2nc(-c3cc(Cl)cs3)c(N3C[C@@H]4CCN(C(=O)O)[C@@H]4C3)s2)cc1Cl)C(C)(C)C=O. The number of rotatable bonds is 10. The first kappa shape index (κ1) is 33.7. The Morgan fingerprint density at radius 2 is 1.93 bits per heavy atom. The normalized spacial score (nSPS) is 19.1. The minimum absolute atomic E-state index is 0.0868. The van der Waals surface area contributed by atoms with Crippen molar-refractivity contribution in [2.75, 3.05) is 36.5 Å². The average molecular weight is 712 g/mol. The van der Waals surface area contributed by atoms with Gasteiger partial charge in [-0.15, -0.1) is 11.3 Å². The van der Waals surface area contributed by atoms with Crippen LogP contribution in [0.4, 0.5) is 14.9 Å². The summed E-state index contributed by atoms with van der Waals surface area (Å²) in [6.45, 7) is 9.53. The molecule has 2 N–H and O–H groups in total. The van der Waals surface area contributed by atoms with Crippen molar-refractivity contribution < 1.29 is 24.2 Å². The van der Waals surface area contributed by atoms with Gasteiger partial charge in [0.05, 0.1) is 37.5 Å². The monoisotopic (exact) mass is 710 g/mol. The van der Waals surface area contributed by atoms with E-state index >= 15 is 0 Å². The van der Waals surface area contributed by atoms with E-state index in [1.807, 2.05) is 25.3 Å². The Kier molecular flexibility index (Phi) is 10.2. The van der Waals surface area contributed by atoms with Crippen LogP contribution >= 0.6 is 57.5 Å². The average Bonchev–Trinajstić information content (AvgIpc) is 3.76. The first-order valence-corrected chi connectivity index (χ1v) is 17.2. The van der Waals surface area contributed by atoms with E-state index in [9.17, 15) is 19.5 Å². The van der Waals surface area contributed by atoms with Gasteiger partial charge in [-0.2, -0.15) is 0 Å². The molecule has 2 aliphatic heterocycles. The number of aldehydes is 1. The third-order valence-electron chi connectivity index (χ3n) is 8.15. The molecule has 1 unspecified atom stereocenters. The van der Waals surface area contributed by atoms with Crippen molar-refractivity contribution >= 4 is 92.0 Å². The van der Waals surface area contributed by atoms with Crippen LogP contribution in [0.3, 0.4) is 0 Å². The quantitative estimate of drug-likeness (QED) is 0.204. The second-order valence-corrected chi connectivity index (χ2v) is 14.9. The predicted octanol–water partition coefficient (Wildman–Crippen LogP) is 8.31. The number of carbonyl (C=O) groups excluding carboxylic acids is 2. The maximum atomic E-state index is 13.4. The second-order valence-electron chi connectivity index (χ2n) is 11.8. The second kappa shape index (κ2) is 13.6. The van der Waals surface area contributed by atoms with E-state index in [1.165, 1.54) is 27.6 Å². The number of thiophene rings is 1. The zero-order valence-electron chi connectivity index (χ0n) is 25.1. The molecule has 0 saturated carbocycles. The van der Waals surface area contributed by atoms with Gasteiger partial charge in [-0.05, 0) is 44.0 Å². The standard InChI is InChI=1S/C31H33Cl3N4O5S2/c1-5-43-26(31(3,4)15-39)16(2)8-20-21(33)9-18(10-22(20)34)27(40)36-29-35-25(24-11-19(32)14-44-24)28(45-29)37-12-17-6-7-38(30(41)42)23(17)13-37/h8-11,14-15,17,23,26H,5-7,12-13H2,1-4H3,(H,41,42)(H,35,36,40)/b16-8+/t17-,23+,26?/m0/s1. The highest BCUT2D eigenvalue weighted by atomic mass is 35.5. The zero-order chi connectivity index (χ0) is 32.6. The first-order valence-electron chi connectivity index (χ1n) is 14.4. The summed E-state index contributed by atoms with van der Waals surface area (Å²) in [5, 5.41) is 16.7. The fourth-order valence-electron chi connectivity index (χ4n) is 6.03. The van der Waals surface area contributed by atoms with E-state index < -0.39 is 23.5 Å². The highest BCUT2D eigenvalue weighted by Gasteiger charge is 2.44. The van der Waals surface area contributed by atoms with Crippen LogP contribution in [0.5, 0.6) is 0 Å². The number of halogens is 3. The van der Waals surface area contributed by atoms with E-state index in [4.69, 9.17) is 44.5 Å². The molecule has 14 heteroatoms. The van der Waals surface area contributed by atoms with Gasteiger partial charge >= 0.3 is 6.09 Å². The summed E-state index contributed by atoms with van der Waals surface area (Å²) in [6.07, 6.45) is 2.07. The van der Waals surface area contributed by atoms with Crippen molar-refractivity contribution in [2.24, 2.45) is 11.3 Å². The van der Waals surface area contributed by atoms with Gasteiger partial charge in [0.15, 0.2) is 5.13 Å². The van der Waals surface area contributed by atoms with Gasteiger partial charge in [-0.1, -0.05) is 66.1 Å². The van der Waals surface area contributed by atoms with Crippen LogP contribution in [0.2, 0.25) is 15.1 Å². The number of nitrogens with one attached hydrogen (secondary N) is 1. The van der Waals surface area contributed by atoms with Gasteiger partial charge in [0.2, 0.25) is 0 Å². The van der Waals surface area contributed by atoms with Crippen LogP contribution in [0.25, 0.3) is 16.6 Å².